The lowest BCUT2D eigenvalue weighted by molar-refractivity contribution is 0.431. The molecule has 2 rings (SSSR count). The first-order valence-electron chi connectivity index (χ1n) is 6.84. The van der Waals surface area contributed by atoms with Gasteiger partial charge in [0, 0.05) is 11.8 Å². The van der Waals surface area contributed by atoms with E-state index in [-0.39, 0.29) is 5.56 Å². The predicted octanol–water partition coefficient (Wildman–Crippen LogP) is 3.90. The minimum atomic E-state index is -1.45. The maximum Gasteiger partial charge on any atom is 0.194 e. The molecule has 1 atom stereocenters. The van der Waals surface area contributed by atoms with Crippen LogP contribution in [0.5, 0.6) is 0 Å². The van der Waals surface area contributed by atoms with Crippen molar-refractivity contribution in [1.29, 1.82) is 0 Å². The zero-order valence-electron chi connectivity index (χ0n) is 12.0. The minimum Gasteiger partial charge on any atom is -0.305 e. The van der Waals surface area contributed by atoms with E-state index in [9.17, 15) is 13.2 Å². The van der Waals surface area contributed by atoms with E-state index in [1.807, 2.05) is 19.9 Å². The molecule has 0 radical (unpaired) electrons. The van der Waals surface area contributed by atoms with Gasteiger partial charge in [-0.3, -0.25) is 4.98 Å². The van der Waals surface area contributed by atoms with Crippen LogP contribution in [0.25, 0.3) is 0 Å². The fourth-order valence-electron chi connectivity index (χ4n) is 2.21. The Morgan fingerprint density at radius 3 is 2.57 bits per heavy atom. The second-order valence-corrected chi connectivity index (χ2v) is 4.86. The zero-order chi connectivity index (χ0) is 15.4. The van der Waals surface area contributed by atoms with Crippen molar-refractivity contribution >= 4 is 0 Å². The number of aromatic nitrogens is 1. The van der Waals surface area contributed by atoms with Crippen molar-refractivity contribution in [2.75, 3.05) is 6.54 Å². The third kappa shape index (κ3) is 3.24. The lowest BCUT2D eigenvalue weighted by Crippen LogP contribution is -2.26. The van der Waals surface area contributed by atoms with Crippen LogP contribution < -0.4 is 5.32 Å². The highest BCUT2D eigenvalue weighted by Gasteiger charge is 2.23. The number of hydrogen-bond donors (Lipinski definition) is 1. The van der Waals surface area contributed by atoms with Crippen molar-refractivity contribution in [3.63, 3.8) is 0 Å². The number of rotatable bonds is 5. The van der Waals surface area contributed by atoms with Gasteiger partial charge in [0.2, 0.25) is 0 Å². The molecule has 2 nitrogen and oxygen atoms in total. The van der Waals surface area contributed by atoms with Gasteiger partial charge in [-0.1, -0.05) is 19.1 Å². The first-order valence-corrected chi connectivity index (χ1v) is 6.84. The maximum atomic E-state index is 14.1. The summed E-state index contributed by atoms with van der Waals surface area (Å²) in [7, 11) is 0. The van der Waals surface area contributed by atoms with Gasteiger partial charge in [0.1, 0.15) is 0 Å². The van der Waals surface area contributed by atoms with Gasteiger partial charge in [0.25, 0.3) is 0 Å². The first kappa shape index (κ1) is 15.5. The topological polar surface area (TPSA) is 24.9 Å². The van der Waals surface area contributed by atoms with E-state index < -0.39 is 23.5 Å². The molecular formula is C16H17F3N2. The summed E-state index contributed by atoms with van der Waals surface area (Å²) in [5.74, 6) is -3.82. The Balaban J connectivity index is 2.51. The van der Waals surface area contributed by atoms with Crippen LogP contribution in [0, 0.1) is 24.4 Å². The molecule has 1 aromatic carbocycles. The molecule has 21 heavy (non-hydrogen) atoms. The van der Waals surface area contributed by atoms with E-state index in [2.05, 4.69) is 10.3 Å². The number of pyridine rings is 1. The molecule has 0 spiro atoms. The molecule has 112 valence electrons. The van der Waals surface area contributed by atoms with Gasteiger partial charge >= 0.3 is 0 Å². The van der Waals surface area contributed by atoms with Gasteiger partial charge in [-0.05, 0) is 37.6 Å². The Bertz CT molecular complexity index is 629. The second-order valence-electron chi connectivity index (χ2n) is 4.86. The molecular weight excluding hydrogens is 277 g/mol. The molecule has 0 saturated heterocycles. The number of hydrogen-bond acceptors (Lipinski definition) is 2. The van der Waals surface area contributed by atoms with Gasteiger partial charge in [-0.15, -0.1) is 0 Å². The highest BCUT2D eigenvalue weighted by atomic mass is 19.2. The van der Waals surface area contributed by atoms with Crippen LogP contribution in [0.4, 0.5) is 13.2 Å². The number of nitrogens with zero attached hydrogens (tertiary/aromatic N) is 1. The Kier molecular flexibility index (Phi) is 4.96. The van der Waals surface area contributed by atoms with Crippen LogP contribution in [-0.2, 0) is 0 Å². The lowest BCUT2D eigenvalue weighted by Gasteiger charge is -2.21. The van der Waals surface area contributed by atoms with Crippen LogP contribution in [0.1, 0.15) is 36.2 Å². The molecule has 5 heteroatoms. The van der Waals surface area contributed by atoms with Crippen LogP contribution in [0.3, 0.4) is 0 Å². The number of benzene rings is 1. The molecule has 0 saturated carbocycles. The van der Waals surface area contributed by atoms with Gasteiger partial charge < -0.3 is 5.32 Å². The smallest absolute Gasteiger partial charge is 0.194 e. The summed E-state index contributed by atoms with van der Waals surface area (Å²) in [4.78, 5) is 4.26. The van der Waals surface area contributed by atoms with Crippen molar-refractivity contribution < 1.29 is 13.2 Å². The van der Waals surface area contributed by atoms with E-state index in [1.165, 1.54) is 6.07 Å². The van der Waals surface area contributed by atoms with Crippen LogP contribution in [0.2, 0.25) is 0 Å². The molecule has 1 heterocycles. The summed E-state index contributed by atoms with van der Waals surface area (Å²) in [6, 6.07) is 5.21. The molecule has 0 fully saturated rings. The molecule has 0 bridgehead atoms. The standard InChI is InChI=1S/C16H17F3N2/c1-3-8-20-16(15-10(2)5-4-9-21-15)11-6-7-12(17)14(19)13(11)18/h4-7,9,16,20H,3,8H2,1-2H3. The fourth-order valence-corrected chi connectivity index (χ4v) is 2.21. The third-order valence-corrected chi connectivity index (χ3v) is 3.30. The van der Waals surface area contributed by atoms with Crippen molar-refractivity contribution in [2.45, 2.75) is 26.3 Å². The van der Waals surface area contributed by atoms with Crippen molar-refractivity contribution in [3.8, 4) is 0 Å². The molecule has 0 amide bonds. The van der Waals surface area contributed by atoms with Crippen LogP contribution in [-0.4, -0.2) is 11.5 Å². The summed E-state index contributed by atoms with van der Waals surface area (Å²) >= 11 is 0. The summed E-state index contributed by atoms with van der Waals surface area (Å²) in [5, 5.41) is 3.14. The number of nitrogens with one attached hydrogen (secondary N) is 1. The highest BCUT2D eigenvalue weighted by Crippen LogP contribution is 2.27. The van der Waals surface area contributed by atoms with Gasteiger partial charge in [-0.25, -0.2) is 13.2 Å². The Morgan fingerprint density at radius 2 is 1.90 bits per heavy atom. The summed E-state index contributed by atoms with van der Waals surface area (Å²) < 4.78 is 40.7. The van der Waals surface area contributed by atoms with Gasteiger partial charge in [-0.2, -0.15) is 0 Å². The minimum absolute atomic E-state index is 0.0594. The Hall–Kier alpha value is -1.88. The van der Waals surface area contributed by atoms with Gasteiger partial charge in [0.05, 0.1) is 11.7 Å². The quantitative estimate of drug-likeness (QED) is 0.846. The van der Waals surface area contributed by atoms with Crippen molar-refractivity contribution in [2.24, 2.45) is 0 Å². The summed E-state index contributed by atoms with van der Waals surface area (Å²) in [5.41, 5.74) is 1.52. The van der Waals surface area contributed by atoms with E-state index >= 15 is 0 Å². The SMILES string of the molecule is CCCNC(c1ccc(F)c(F)c1F)c1ncccc1C. The zero-order valence-corrected chi connectivity index (χ0v) is 12.0. The lowest BCUT2D eigenvalue weighted by atomic mass is 9.99. The average molecular weight is 294 g/mol. The van der Waals surface area contributed by atoms with E-state index in [0.29, 0.717) is 12.2 Å². The summed E-state index contributed by atoms with van der Waals surface area (Å²) in [6.45, 7) is 4.43. The van der Waals surface area contributed by atoms with Crippen molar-refractivity contribution in [3.05, 3.63) is 64.7 Å². The molecule has 0 aliphatic heterocycles. The van der Waals surface area contributed by atoms with E-state index in [1.54, 1.807) is 12.3 Å². The molecule has 2 aromatic rings. The molecule has 1 unspecified atom stereocenters. The maximum absolute atomic E-state index is 14.1. The van der Waals surface area contributed by atoms with Crippen LogP contribution in [0.15, 0.2) is 30.5 Å². The van der Waals surface area contributed by atoms with Crippen molar-refractivity contribution in [1.82, 2.24) is 10.3 Å². The normalized spacial score (nSPS) is 12.4. The Labute approximate surface area is 122 Å². The second kappa shape index (κ2) is 6.72. The fraction of sp³-hybridized carbons (Fsp3) is 0.312. The van der Waals surface area contributed by atoms with E-state index in [4.69, 9.17) is 0 Å². The molecule has 0 aliphatic carbocycles. The molecule has 1 aromatic heterocycles. The number of halogens is 3. The van der Waals surface area contributed by atoms with Crippen LogP contribution >= 0.6 is 0 Å². The number of aryl methyl sites for hydroxylation is 1. The van der Waals surface area contributed by atoms with Gasteiger partial charge in [0.15, 0.2) is 17.5 Å². The third-order valence-electron chi connectivity index (χ3n) is 3.30. The molecule has 1 N–H and O–H groups in total. The largest absolute Gasteiger partial charge is 0.305 e. The monoisotopic (exact) mass is 294 g/mol. The average Bonchev–Trinajstić information content (AvgIpc) is 2.48. The first-order chi connectivity index (χ1) is 10.1. The highest BCUT2D eigenvalue weighted by molar-refractivity contribution is 5.33. The van der Waals surface area contributed by atoms with E-state index in [0.717, 1.165) is 18.1 Å². The molecule has 0 aliphatic rings. The summed E-state index contributed by atoms with van der Waals surface area (Å²) in [6.07, 6.45) is 2.43. The Morgan fingerprint density at radius 1 is 1.14 bits per heavy atom. The predicted molar refractivity (Wildman–Crippen MR) is 75.4 cm³/mol.